The summed E-state index contributed by atoms with van der Waals surface area (Å²) in [6, 6.07) is 0. The zero-order valence-corrected chi connectivity index (χ0v) is 23.5. The minimum Gasteiger partial charge on any atom is -0.475 e. The number of imidazole rings is 1. The predicted octanol–water partition coefficient (Wildman–Crippen LogP) is 3.00. The van der Waals surface area contributed by atoms with Crippen molar-refractivity contribution in [2.45, 2.75) is 44.7 Å². The third-order valence-corrected chi connectivity index (χ3v) is 6.34. The first-order valence-electron chi connectivity index (χ1n) is 12.1. The number of fused-ring (bicyclic) bond motifs is 1. The van der Waals surface area contributed by atoms with Crippen LogP contribution in [0.3, 0.4) is 0 Å². The minimum atomic E-state index is -5.08. The van der Waals surface area contributed by atoms with E-state index < -0.39 is 36.4 Å². The summed E-state index contributed by atoms with van der Waals surface area (Å²) in [5, 5.41) is 24.6. The Kier molecular flexibility index (Phi) is 14.5. The zero-order chi connectivity index (χ0) is 33.9. The quantitative estimate of drug-likeness (QED) is 0.411. The summed E-state index contributed by atoms with van der Waals surface area (Å²) in [5.74, 6) is -7.07. The lowest BCUT2D eigenvalue weighted by Crippen LogP contribution is -2.44. The lowest BCUT2D eigenvalue weighted by molar-refractivity contribution is -0.193. The fourth-order valence-corrected chi connectivity index (χ4v) is 4.05. The van der Waals surface area contributed by atoms with Crippen molar-refractivity contribution < 1.29 is 69.2 Å². The van der Waals surface area contributed by atoms with Gasteiger partial charge in [0.15, 0.2) is 0 Å². The van der Waals surface area contributed by atoms with E-state index in [2.05, 4.69) is 42.5 Å². The number of aliphatic carboxylic acids is 3. The molecule has 3 N–H and O–H groups in total. The molecule has 2 aliphatic heterocycles. The third-order valence-electron chi connectivity index (χ3n) is 5.58. The van der Waals surface area contributed by atoms with Crippen molar-refractivity contribution >= 4 is 29.2 Å². The number of carboxylic acids is 3. The van der Waals surface area contributed by atoms with Crippen LogP contribution in [0.2, 0.25) is 0 Å². The molecule has 1 fully saturated rings. The van der Waals surface area contributed by atoms with Gasteiger partial charge >= 0.3 is 36.4 Å². The molecule has 22 heteroatoms. The lowest BCUT2D eigenvalue weighted by Gasteiger charge is -2.33. The van der Waals surface area contributed by atoms with Crippen LogP contribution in [-0.4, -0.2) is 121 Å². The number of hydrogen-bond donors (Lipinski definition) is 3. The van der Waals surface area contributed by atoms with Gasteiger partial charge in [0.25, 0.3) is 0 Å². The summed E-state index contributed by atoms with van der Waals surface area (Å²) in [6.07, 6.45) is -11.3. The second-order valence-electron chi connectivity index (χ2n) is 8.94. The summed E-state index contributed by atoms with van der Waals surface area (Å²) < 4.78 is 97.6. The highest BCUT2D eigenvalue weighted by atomic mass is 32.1. The molecule has 0 bridgehead atoms. The maximum absolute atomic E-state index is 10.6. The Hall–Kier alpha value is -3.50. The summed E-state index contributed by atoms with van der Waals surface area (Å²) in [6.45, 7) is 9.70. The molecule has 1 saturated heterocycles. The van der Waals surface area contributed by atoms with Crippen LogP contribution < -0.4 is 0 Å². The Morgan fingerprint density at radius 1 is 0.750 bits per heavy atom. The average Bonchev–Trinajstić information content (AvgIpc) is 3.55. The van der Waals surface area contributed by atoms with Gasteiger partial charge in [-0.3, -0.25) is 9.80 Å². The van der Waals surface area contributed by atoms with Gasteiger partial charge in [-0.05, 0) is 7.05 Å². The molecular weight excluding hydrogens is 647 g/mol. The fourth-order valence-electron chi connectivity index (χ4n) is 3.39. The van der Waals surface area contributed by atoms with Crippen LogP contribution in [0.25, 0.3) is 0 Å². The number of halogens is 9. The molecule has 0 spiro atoms. The summed E-state index contributed by atoms with van der Waals surface area (Å²) in [7, 11) is 2.20. The smallest absolute Gasteiger partial charge is 0.475 e. The van der Waals surface area contributed by atoms with Gasteiger partial charge in [0.05, 0.1) is 18.8 Å². The molecule has 0 amide bonds. The molecule has 44 heavy (non-hydrogen) atoms. The minimum absolute atomic E-state index is 0.933. The van der Waals surface area contributed by atoms with Crippen LogP contribution in [0.5, 0.6) is 0 Å². The fraction of sp³-hybridized carbons (Fsp3) is 0.591. The van der Waals surface area contributed by atoms with Gasteiger partial charge in [0.2, 0.25) is 0 Å². The van der Waals surface area contributed by atoms with Crippen molar-refractivity contribution in [1.82, 2.24) is 29.2 Å². The van der Waals surface area contributed by atoms with Gasteiger partial charge in [-0.1, -0.05) is 0 Å². The van der Waals surface area contributed by atoms with E-state index in [0.29, 0.717) is 0 Å². The molecule has 2 aromatic heterocycles. The van der Waals surface area contributed by atoms with Crippen LogP contribution in [0.1, 0.15) is 16.5 Å². The number of likely N-dealkylation sites (N-methyl/N-ethyl adjacent to an activating group) is 1. The van der Waals surface area contributed by atoms with Crippen molar-refractivity contribution in [3.8, 4) is 0 Å². The Morgan fingerprint density at radius 3 is 1.61 bits per heavy atom. The maximum atomic E-state index is 10.6. The van der Waals surface area contributed by atoms with Crippen molar-refractivity contribution in [3.63, 3.8) is 0 Å². The molecule has 12 nitrogen and oxygen atoms in total. The molecule has 0 radical (unpaired) electrons. The highest BCUT2D eigenvalue weighted by Gasteiger charge is 2.39. The number of thiazole rings is 1. The van der Waals surface area contributed by atoms with Crippen LogP contribution in [0.15, 0.2) is 17.8 Å². The van der Waals surface area contributed by atoms with E-state index >= 15 is 0 Å². The van der Waals surface area contributed by atoms with Gasteiger partial charge in [-0.2, -0.15) is 39.5 Å². The van der Waals surface area contributed by atoms with Gasteiger partial charge in [-0.15, -0.1) is 11.3 Å². The van der Waals surface area contributed by atoms with Gasteiger partial charge in [-0.25, -0.2) is 24.4 Å². The maximum Gasteiger partial charge on any atom is 0.490 e. The summed E-state index contributed by atoms with van der Waals surface area (Å²) in [4.78, 5) is 43.2. The average molecular weight is 675 g/mol. The Balaban J connectivity index is 0.000000379. The summed E-state index contributed by atoms with van der Waals surface area (Å²) >= 11 is 1.74. The highest BCUT2D eigenvalue weighted by Crippen LogP contribution is 2.19. The first-order valence-corrected chi connectivity index (χ1v) is 12.9. The van der Waals surface area contributed by atoms with E-state index in [1.165, 1.54) is 29.6 Å². The molecular formula is C22H27F9N6O6S. The number of piperazine rings is 1. The second-order valence-corrected chi connectivity index (χ2v) is 9.92. The third kappa shape index (κ3) is 14.3. The van der Waals surface area contributed by atoms with E-state index in [1.54, 1.807) is 11.3 Å². The highest BCUT2D eigenvalue weighted by molar-refractivity contribution is 7.09. The van der Waals surface area contributed by atoms with Crippen molar-refractivity contribution in [2.24, 2.45) is 0 Å². The Bertz CT molecular complexity index is 1140. The molecule has 4 heterocycles. The molecule has 0 aromatic carbocycles. The standard InChI is InChI=1S/C16H24N6S.3C2HF3O2/c1-19-3-5-20(6-4-19)11-14-10-18-15-12-21(7-8-22(14)15)13-16-17-2-9-23-16;3*3-2(4,5)1(6)7/h2,9-10H,3-8,11-13H2,1H3;3*(H,6,7). The lowest BCUT2D eigenvalue weighted by atomic mass is 10.3. The summed E-state index contributed by atoms with van der Waals surface area (Å²) in [5.41, 5.74) is 1.37. The number of carbonyl (C=O) groups is 3. The Morgan fingerprint density at radius 2 is 1.20 bits per heavy atom. The van der Waals surface area contributed by atoms with Crippen LogP contribution >= 0.6 is 11.3 Å². The number of carboxylic acid groups (broad SMARTS) is 3. The Labute approximate surface area is 246 Å². The van der Waals surface area contributed by atoms with Crippen LogP contribution in [0.4, 0.5) is 39.5 Å². The number of nitrogens with zero attached hydrogens (tertiary/aromatic N) is 6. The topological polar surface area (TPSA) is 152 Å². The van der Waals surface area contributed by atoms with Crippen molar-refractivity contribution in [3.05, 3.63) is 34.3 Å². The van der Waals surface area contributed by atoms with E-state index in [4.69, 9.17) is 29.7 Å². The number of rotatable bonds is 4. The number of alkyl halides is 9. The van der Waals surface area contributed by atoms with E-state index in [-0.39, 0.29) is 0 Å². The number of aromatic nitrogens is 3. The SMILES string of the molecule is CN1CCN(Cc2cnc3n2CCN(Cc2nccs2)C3)CC1.O=C(O)C(F)(F)F.O=C(O)C(F)(F)F.O=C(O)C(F)(F)F. The van der Waals surface area contributed by atoms with Gasteiger partial charge in [0.1, 0.15) is 10.8 Å². The molecule has 2 aromatic rings. The molecule has 0 atom stereocenters. The number of hydrogen-bond acceptors (Lipinski definition) is 9. The largest absolute Gasteiger partial charge is 0.490 e. The van der Waals surface area contributed by atoms with Crippen molar-refractivity contribution in [2.75, 3.05) is 39.8 Å². The van der Waals surface area contributed by atoms with Crippen LogP contribution in [-0.2, 0) is 40.6 Å². The zero-order valence-electron chi connectivity index (χ0n) is 22.7. The van der Waals surface area contributed by atoms with E-state index in [9.17, 15) is 39.5 Å². The normalized spacial score (nSPS) is 16.2. The second kappa shape index (κ2) is 16.5. The molecule has 0 aliphatic carbocycles. The van der Waals surface area contributed by atoms with E-state index in [0.717, 1.165) is 45.8 Å². The first-order chi connectivity index (χ1) is 20.1. The molecule has 2 aliphatic rings. The molecule has 0 saturated carbocycles. The molecule has 4 rings (SSSR count). The monoisotopic (exact) mass is 674 g/mol. The van der Waals surface area contributed by atoms with Crippen molar-refractivity contribution in [1.29, 1.82) is 0 Å². The first kappa shape index (κ1) is 38.5. The molecule has 250 valence electrons. The van der Waals surface area contributed by atoms with Gasteiger partial charge < -0.3 is 24.8 Å². The molecule has 0 unspecified atom stereocenters. The van der Waals surface area contributed by atoms with E-state index in [1.807, 2.05) is 11.6 Å². The predicted molar refractivity (Wildman–Crippen MR) is 132 cm³/mol. The van der Waals surface area contributed by atoms with Gasteiger partial charge in [0, 0.05) is 63.6 Å². The van der Waals surface area contributed by atoms with Crippen LogP contribution in [0, 0.1) is 0 Å².